The molecule has 0 aromatic heterocycles. The zero-order valence-corrected chi connectivity index (χ0v) is 16.2. The van der Waals surface area contributed by atoms with Gasteiger partial charge in [-0.3, -0.25) is 9.89 Å². The standard InChI is InChI=1S/C20H34N4O/c1-20(2,25-4)16-23-19(21-3)22-14-18-12-8-9-13-24(18)15-17-10-6-5-7-11-17/h5-7,10-11,18H,8-9,12-16H2,1-4H3,(H2,21,22,23). The lowest BCUT2D eigenvalue weighted by Gasteiger charge is -2.36. The molecule has 0 aliphatic carbocycles. The molecule has 1 saturated heterocycles. The molecule has 0 spiro atoms. The lowest BCUT2D eigenvalue weighted by atomic mass is 10.0. The zero-order valence-electron chi connectivity index (χ0n) is 16.2. The molecule has 1 fully saturated rings. The van der Waals surface area contributed by atoms with Crippen LogP contribution in [0, 0.1) is 0 Å². The SMILES string of the molecule is CN=C(NCC1CCCCN1Cc1ccccc1)NCC(C)(C)OC. The second kappa shape index (κ2) is 9.78. The average molecular weight is 347 g/mol. The fourth-order valence-corrected chi connectivity index (χ4v) is 3.12. The van der Waals surface area contributed by atoms with Crippen molar-refractivity contribution in [3.05, 3.63) is 35.9 Å². The number of methoxy groups -OCH3 is 1. The summed E-state index contributed by atoms with van der Waals surface area (Å²) >= 11 is 0. The first-order valence-electron chi connectivity index (χ1n) is 9.32. The highest BCUT2D eigenvalue weighted by atomic mass is 16.5. The first-order chi connectivity index (χ1) is 12.0. The summed E-state index contributed by atoms with van der Waals surface area (Å²) < 4.78 is 5.46. The first kappa shape index (κ1) is 19.7. The average Bonchev–Trinajstić information content (AvgIpc) is 2.64. The van der Waals surface area contributed by atoms with Crippen molar-refractivity contribution in [3.63, 3.8) is 0 Å². The monoisotopic (exact) mass is 346 g/mol. The Hall–Kier alpha value is -1.59. The number of guanidine groups is 1. The van der Waals surface area contributed by atoms with Gasteiger partial charge in [-0.05, 0) is 38.8 Å². The van der Waals surface area contributed by atoms with Crippen molar-refractivity contribution in [2.75, 3.05) is 33.8 Å². The third kappa shape index (κ3) is 6.67. The quantitative estimate of drug-likeness (QED) is 0.589. The van der Waals surface area contributed by atoms with E-state index in [1.807, 2.05) is 7.05 Å². The minimum Gasteiger partial charge on any atom is -0.377 e. The predicted molar refractivity (Wildman–Crippen MR) is 105 cm³/mol. The van der Waals surface area contributed by atoms with Gasteiger partial charge in [0.05, 0.1) is 5.60 Å². The summed E-state index contributed by atoms with van der Waals surface area (Å²) in [4.78, 5) is 6.93. The maximum atomic E-state index is 5.46. The van der Waals surface area contributed by atoms with Crippen molar-refractivity contribution in [2.45, 2.75) is 51.3 Å². The highest BCUT2D eigenvalue weighted by Crippen LogP contribution is 2.19. The largest absolute Gasteiger partial charge is 0.377 e. The van der Waals surface area contributed by atoms with Gasteiger partial charge < -0.3 is 15.4 Å². The van der Waals surface area contributed by atoms with Crippen LogP contribution >= 0.6 is 0 Å². The van der Waals surface area contributed by atoms with E-state index in [0.717, 1.165) is 25.6 Å². The Balaban J connectivity index is 1.85. The summed E-state index contributed by atoms with van der Waals surface area (Å²) in [6, 6.07) is 11.3. The summed E-state index contributed by atoms with van der Waals surface area (Å²) in [6.07, 6.45) is 3.83. The Morgan fingerprint density at radius 2 is 2.00 bits per heavy atom. The molecular weight excluding hydrogens is 312 g/mol. The van der Waals surface area contributed by atoms with Gasteiger partial charge >= 0.3 is 0 Å². The predicted octanol–water partition coefficient (Wildman–Crippen LogP) is 2.63. The van der Waals surface area contributed by atoms with Crippen molar-refractivity contribution in [3.8, 4) is 0 Å². The highest BCUT2D eigenvalue weighted by molar-refractivity contribution is 5.79. The molecule has 1 heterocycles. The van der Waals surface area contributed by atoms with E-state index in [-0.39, 0.29) is 5.60 Å². The second-order valence-corrected chi connectivity index (χ2v) is 7.38. The van der Waals surface area contributed by atoms with Crippen LogP contribution in [-0.4, -0.2) is 56.3 Å². The fraction of sp³-hybridized carbons (Fsp3) is 0.650. The molecule has 0 bridgehead atoms. The molecule has 0 radical (unpaired) electrons. The summed E-state index contributed by atoms with van der Waals surface area (Å²) in [5.41, 5.74) is 1.18. The van der Waals surface area contributed by atoms with E-state index in [1.165, 1.54) is 31.4 Å². The van der Waals surface area contributed by atoms with Gasteiger partial charge in [-0.15, -0.1) is 0 Å². The molecule has 5 heteroatoms. The van der Waals surface area contributed by atoms with E-state index in [0.29, 0.717) is 6.04 Å². The van der Waals surface area contributed by atoms with E-state index >= 15 is 0 Å². The van der Waals surface area contributed by atoms with Crippen molar-refractivity contribution in [1.82, 2.24) is 15.5 Å². The lowest BCUT2D eigenvalue weighted by Crippen LogP contribution is -2.50. The van der Waals surface area contributed by atoms with Gasteiger partial charge in [0.2, 0.25) is 0 Å². The first-order valence-corrected chi connectivity index (χ1v) is 9.32. The van der Waals surface area contributed by atoms with Gasteiger partial charge in [-0.25, -0.2) is 0 Å². The third-order valence-electron chi connectivity index (χ3n) is 4.94. The molecule has 25 heavy (non-hydrogen) atoms. The van der Waals surface area contributed by atoms with Gasteiger partial charge in [0, 0.05) is 39.8 Å². The smallest absolute Gasteiger partial charge is 0.191 e. The number of aliphatic imine (C=N–C) groups is 1. The van der Waals surface area contributed by atoms with Crippen molar-refractivity contribution in [2.24, 2.45) is 4.99 Å². The van der Waals surface area contributed by atoms with Gasteiger partial charge in [0.15, 0.2) is 5.96 Å². The van der Waals surface area contributed by atoms with Crippen molar-refractivity contribution >= 4 is 5.96 Å². The van der Waals surface area contributed by atoms with Crippen LogP contribution in [0.25, 0.3) is 0 Å². The van der Waals surface area contributed by atoms with Crippen LogP contribution in [0.2, 0.25) is 0 Å². The number of likely N-dealkylation sites (tertiary alicyclic amines) is 1. The molecule has 1 aliphatic heterocycles. The number of nitrogens with one attached hydrogen (secondary N) is 2. The van der Waals surface area contributed by atoms with Crippen LogP contribution < -0.4 is 10.6 Å². The minimum absolute atomic E-state index is 0.207. The Morgan fingerprint density at radius 1 is 1.24 bits per heavy atom. The van der Waals surface area contributed by atoms with Crippen LogP contribution in [0.4, 0.5) is 0 Å². The highest BCUT2D eigenvalue weighted by Gasteiger charge is 2.23. The van der Waals surface area contributed by atoms with Gasteiger partial charge in [-0.1, -0.05) is 36.8 Å². The number of nitrogens with zero attached hydrogens (tertiary/aromatic N) is 2. The lowest BCUT2D eigenvalue weighted by molar-refractivity contribution is 0.0268. The molecule has 0 saturated carbocycles. The topological polar surface area (TPSA) is 48.9 Å². The third-order valence-corrected chi connectivity index (χ3v) is 4.94. The Morgan fingerprint density at radius 3 is 2.68 bits per heavy atom. The number of hydrogen-bond acceptors (Lipinski definition) is 3. The minimum atomic E-state index is -0.207. The van der Waals surface area contributed by atoms with E-state index in [9.17, 15) is 0 Å². The molecule has 1 atom stereocenters. The Labute approximate surface area is 152 Å². The van der Waals surface area contributed by atoms with Crippen LogP contribution in [0.15, 0.2) is 35.3 Å². The number of piperidine rings is 1. The van der Waals surface area contributed by atoms with Crippen LogP contribution in [0.3, 0.4) is 0 Å². The summed E-state index contributed by atoms with van der Waals surface area (Å²) in [7, 11) is 3.55. The molecule has 2 rings (SSSR count). The fourth-order valence-electron chi connectivity index (χ4n) is 3.12. The molecule has 1 aliphatic rings. The number of hydrogen-bond donors (Lipinski definition) is 2. The second-order valence-electron chi connectivity index (χ2n) is 7.38. The maximum Gasteiger partial charge on any atom is 0.191 e. The van der Waals surface area contributed by atoms with E-state index in [2.05, 4.69) is 64.7 Å². The maximum absolute atomic E-state index is 5.46. The molecule has 2 N–H and O–H groups in total. The van der Waals surface area contributed by atoms with Gasteiger partial charge in [-0.2, -0.15) is 0 Å². The number of rotatable bonds is 7. The van der Waals surface area contributed by atoms with Gasteiger partial charge in [0.1, 0.15) is 0 Å². The zero-order chi connectivity index (χ0) is 18.1. The summed E-state index contributed by atoms with van der Waals surface area (Å²) in [6.45, 7) is 7.97. The van der Waals surface area contributed by atoms with Crippen molar-refractivity contribution in [1.29, 1.82) is 0 Å². The van der Waals surface area contributed by atoms with Gasteiger partial charge in [0.25, 0.3) is 0 Å². The molecule has 1 unspecified atom stereocenters. The van der Waals surface area contributed by atoms with Crippen LogP contribution in [0.1, 0.15) is 38.7 Å². The number of benzene rings is 1. The molecule has 5 nitrogen and oxygen atoms in total. The molecular formula is C20H34N4O. The molecule has 1 aromatic carbocycles. The van der Waals surface area contributed by atoms with Crippen LogP contribution in [0.5, 0.6) is 0 Å². The van der Waals surface area contributed by atoms with E-state index in [1.54, 1.807) is 7.11 Å². The van der Waals surface area contributed by atoms with E-state index in [4.69, 9.17) is 4.74 Å². The molecule has 0 amide bonds. The van der Waals surface area contributed by atoms with E-state index < -0.39 is 0 Å². The Kier molecular flexibility index (Phi) is 7.72. The number of ether oxygens (including phenoxy) is 1. The molecule has 140 valence electrons. The van der Waals surface area contributed by atoms with Crippen molar-refractivity contribution < 1.29 is 4.74 Å². The molecule has 1 aromatic rings. The Bertz CT molecular complexity index is 530. The summed E-state index contributed by atoms with van der Waals surface area (Å²) in [5, 5.41) is 6.85. The normalized spacial score (nSPS) is 19.7. The van der Waals surface area contributed by atoms with Crippen LogP contribution in [-0.2, 0) is 11.3 Å². The summed E-state index contributed by atoms with van der Waals surface area (Å²) in [5.74, 6) is 0.843.